The molecule has 3 aromatic heterocycles. The zero-order valence-electron chi connectivity index (χ0n) is 56.7. The van der Waals surface area contributed by atoms with Crippen LogP contribution in [0, 0.1) is 27.7 Å². The van der Waals surface area contributed by atoms with Gasteiger partial charge in [0.15, 0.2) is 17.1 Å². The molecule has 1 unspecified atom stereocenters. The van der Waals surface area contributed by atoms with E-state index in [-0.39, 0.29) is 59.6 Å². The SMILES string of the molecule is CCOc1cc(CNC(=O)c2cc(C)ccc2C)ccc1-n1nc(C(C)C(F)(F)F)c(N)c1C(N)=O.CCOc1cc(CNC(=O)c2cc(C)ccc2C)ccc1-n1nc2c(c1C(N)=O)NCCC2.COc1ccccc1C(=O)NCc1ccc(-n2nc(C(C)C)c(N)c2C(N)=O)cc1. The normalized spacial score (nSPS) is 11.9. The number of halogens is 3. The number of amides is 6. The van der Waals surface area contributed by atoms with E-state index in [1.165, 1.54) is 17.9 Å². The monoisotopic (exact) mass is 1360 g/mol. The minimum absolute atomic E-state index is 0.0498. The van der Waals surface area contributed by atoms with Gasteiger partial charge in [-0.3, -0.25) is 28.8 Å². The molecule has 4 heterocycles. The quantitative estimate of drug-likeness (QED) is 0.0305. The summed E-state index contributed by atoms with van der Waals surface area (Å²) in [6, 6.07) is 36.1. The molecule has 9 aromatic rings. The molecule has 1 aliphatic heterocycles. The van der Waals surface area contributed by atoms with E-state index in [4.69, 9.17) is 42.9 Å². The number of nitrogen functional groups attached to an aromatic ring is 2. The van der Waals surface area contributed by atoms with E-state index in [9.17, 15) is 41.9 Å². The number of primary amides is 3. The molecule has 0 saturated heterocycles. The largest absolute Gasteiger partial charge is 0.496 e. The van der Waals surface area contributed by atoms with Gasteiger partial charge in [0.05, 0.1) is 71.6 Å². The second-order valence-electron chi connectivity index (χ2n) is 23.8. The predicted molar refractivity (Wildman–Crippen MR) is 371 cm³/mol. The first-order valence-corrected chi connectivity index (χ1v) is 31.9. The third-order valence-corrected chi connectivity index (χ3v) is 16.2. The standard InChI is InChI=1S/C25H28F3N5O3.C25H29N5O3.C22H25N5O3/c1-5-36-19-11-16(12-31-24(35)17-10-13(2)6-7-14(17)3)8-9-18(19)33-22(23(30)34)20(29)21(32-33)15(4)25(26,27)28;1-4-33-21-13-17(14-28-25(32)18-12-15(2)7-8-16(18)3)9-10-20(21)30-23(24(26)31)22-19(29-30)6-5-11-27-22;1-13(2)19-18(23)20(21(24)28)27(26-19)15-10-8-14(9-11-15)12-25-22(29)16-6-4-5-7-17(16)30-3/h6-11,15H,5,12,29H2,1-4H3,(H2,30,34)(H,31,35);7-10,12-13,27H,4-6,11,14H2,1-3H3,(H2,26,31)(H,28,32);4-11,13H,12,23H2,1-3H3,(H2,24,28)(H,25,29). The molecular formula is C72H82F3N15O9. The van der Waals surface area contributed by atoms with Crippen molar-refractivity contribution in [1.82, 2.24) is 45.3 Å². The lowest BCUT2D eigenvalue weighted by atomic mass is 10.0. The Bertz CT molecular complexity index is 4480. The van der Waals surface area contributed by atoms with Crippen molar-refractivity contribution in [2.24, 2.45) is 17.2 Å². The van der Waals surface area contributed by atoms with Gasteiger partial charge < -0.3 is 64.1 Å². The van der Waals surface area contributed by atoms with Gasteiger partial charge in [0.25, 0.3) is 35.4 Å². The van der Waals surface area contributed by atoms with Crippen molar-refractivity contribution in [3.05, 3.63) is 211 Å². The van der Waals surface area contributed by atoms with Crippen molar-refractivity contribution < 1.29 is 56.1 Å². The molecule has 0 spiro atoms. The molecule has 24 nitrogen and oxygen atoms in total. The van der Waals surface area contributed by atoms with Gasteiger partial charge in [0, 0.05) is 37.3 Å². The number of nitrogens with one attached hydrogen (secondary N) is 4. The fourth-order valence-corrected chi connectivity index (χ4v) is 10.9. The fraction of sp³-hybridized carbons (Fsp3) is 0.292. The van der Waals surface area contributed by atoms with E-state index in [2.05, 4.69) is 36.6 Å². The number of fused-ring (bicyclic) bond motifs is 1. The summed E-state index contributed by atoms with van der Waals surface area (Å²) in [6.07, 6.45) is -2.90. The first-order valence-electron chi connectivity index (χ1n) is 31.9. The molecule has 6 aromatic carbocycles. The number of hydrogen-bond acceptors (Lipinski definition) is 15. The highest BCUT2D eigenvalue weighted by Crippen LogP contribution is 2.40. The molecule has 99 heavy (non-hydrogen) atoms. The maximum atomic E-state index is 13.4. The molecule has 0 saturated carbocycles. The van der Waals surface area contributed by atoms with Crippen molar-refractivity contribution in [3.8, 4) is 34.3 Å². The maximum absolute atomic E-state index is 13.4. The van der Waals surface area contributed by atoms with E-state index in [1.807, 2.05) is 109 Å². The highest BCUT2D eigenvalue weighted by Gasteiger charge is 2.42. The Morgan fingerprint density at radius 1 is 0.556 bits per heavy atom. The first-order chi connectivity index (χ1) is 47.1. The molecule has 0 aliphatic carbocycles. The van der Waals surface area contributed by atoms with E-state index < -0.39 is 41.2 Å². The van der Waals surface area contributed by atoms with Gasteiger partial charge >= 0.3 is 6.18 Å². The van der Waals surface area contributed by atoms with Crippen molar-refractivity contribution in [2.45, 2.75) is 113 Å². The average molecular weight is 1360 g/mol. The third kappa shape index (κ3) is 17.1. The van der Waals surface area contributed by atoms with Gasteiger partial charge in [0.2, 0.25) is 0 Å². The Labute approximate surface area is 570 Å². The van der Waals surface area contributed by atoms with E-state index in [0.717, 1.165) is 70.1 Å². The van der Waals surface area contributed by atoms with E-state index in [0.29, 0.717) is 87.6 Å². The molecule has 0 bridgehead atoms. The Morgan fingerprint density at radius 3 is 1.49 bits per heavy atom. The molecule has 1 aliphatic rings. The van der Waals surface area contributed by atoms with Crippen LogP contribution in [0.1, 0.15) is 171 Å². The Balaban J connectivity index is 0.000000190. The second kappa shape index (κ2) is 31.9. The number of ether oxygens (including phenoxy) is 3. The number of carbonyl (C=O) groups is 6. The number of aromatic nitrogens is 6. The smallest absolute Gasteiger partial charge is 0.397 e. The number of aryl methyl sites for hydroxylation is 5. The summed E-state index contributed by atoms with van der Waals surface area (Å²) in [4.78, 5) is 74.1. The third-order valence-electron chi connectivity index (χ3n) is 16.2. The lowest BCUT2D eigenvalue weighted by Gasteiger charge is -2.15. The van der Waals surface area contributed by atoms with Crippen LogP contribution in [-0.4, -0.2) is 97.8 Å². The van der Waals surface area contributed by atoms with Crippen LogP contribution in [0.4, 0.5) is 30.2 Å². The Kier molecular flexibility index (Phi) is 23.6. The number of methoxy groups -OCH3 is 1. The van der Waals surface area contributed by atoms with Crippen molar-refractivity contribution in [2.75, 3.05) is 43.7 Å². The van der Waals surface area contributed by atoms with E-state index >= 15 is 0 Å². The maximum Gasteiger partial charge on any atom is 0.397 e. The summed E-state index contributed by atoms with van der Waals surface area (Å²) in [5, 5.41) is 25.1. The predicted octanol–water partition coefficient (Wildman–Crippen LogP) is 10.1. The number of anilines is 3. The molecule has 0 radical (unpaired) electrons. The van der Waals surface area contributed by atoms with Gasteiger partial charge in [-0.15, -0.1) is 0 Å². The number of hydrogen-bond donors (Lipinski definition) is 9. The van der Waals surface area contributed by atoms with Gasteiger partial charge in [-0.05, 0) is 156 Å². The number of para-hydroxylation sites is 1. The van der Waals surface area contributed by atoms with Crippen molar-refractivity contribution in [1.29, 1.82) is 0 Å². The minimum Gasteiger partial charge on any atom is -0.496 e. The van der Waals surface area contributed by atoms with Gasteiger partial charge in [0.1, 0.15) is 28.6 Å². The highest BCUT2D eigenvalue weighted by molar-refractivity contribution is 6.00. The van der Waals surface area contributed by atoms with Crippen LogP contribution >= 0.6 is 0 Å². The van der Waals surface area contributed by atoms with Gasteiger partial charge in [-0.25, -0.2) is 14.0 Å². The number of nitrogens with two attached hydrogens (primary N) is 5. The van der Waals surface area contributed by atoms with Crippen LogP contribution in [0.5, 0.6) is 17.2 Å². The molecular weight excluding hydrogens is 1280 g/mol. The van der Waals surface area contributed by atoms with Crippen molar-refractivity contribution >= 4 is 52.5 Å². The Hall–Kier alpha value is -11.6. The molecule has 520 valence electrons. The molecule has 10 rings (SSSR count). The summed E-state index contributed by atoms with van der Waals surface area (Å²) < 4.78 is 60.8. The lowest BCUT2D eigenvalue weighted by molar-refractivity contribution is -0.147. The van der Waals surface area contributed by atoms with Crippen LogP contribution in [0.3, 0.4) is 0 Å². The summed E-state index contributed by atoms with van der Waals surface area (Å²) >= 11 is 0. The van der Waals surface area contributed by atoms with Gasteiger partial charge in [-0.1, -0.05) is 85.6 Å². The van der Waals surface area contributed by atoms with E-state index in [1.54, 1.807) is 66.2 Å². The topological polar surface area (TPSA) is 362 Å². The second-order valence-corrected chi connectivity index (χ2v) is 23.8. The summed E-state index contributed by atoms with van der Waals surface area (Å²) in [6.45, 7) is 18.3. The van der Waals surface area contributed by atoms with Crippen molar-refractivity contribution in [3.63, 3.8) is 0 Å². The highest BCUT2D eigenvalue weighted by atomic mass is 19.4. The number of benzene rings is 6. The van der Waals surface area contributed by atoms with Crippen LogP contribution in [0.25, 0.3) is 17.1 Å². The molecule has 6 amide bonds. The first kappa shape index (κ1) is 73.2. The summed E-state index contributed by atoms with van der Waals surface area (Å²) in [5.41, 5.74) is 39.5. The molecule has 1 atom stereocenters. The van der Waals surface area contributed by atoms with Gasteiger partial charge in [-0.2, -0.15) is 28.5 Å². The number of carbonyl (C=O) groups excluding carboxylic acids is 6. The number of rotatable bonds is 22. The van der Waals surface area contributed by atoms with Crippen LogP contribution in [0.2, 0.25) is 0 Å². The van der Waals surface area contributed by atoms with Crippen LogP contribution in [0.15, 0.2) is 121 Å². The zero-order valence-corrected chi connectivity index (χ0v) is 56.7. The van der Waals surface area contributed by atoms with Crippen LogP contribution < -0.4 is 64.1 Å². The zero-order chi connectivity index (χ0) is 72.2. The molecule has 0 fully saturated rings. The number of nitrogens with zero attached hydrogens (tertiary/aromatic N) is 6. The summed E-state index contributed by atoms with van der Waals surface area (Å²) in [7, 11) is 1.53. The fourth-order valence-electron chi connectivity index (χ4n) is 10.9. The summed E-state index contributed by atoms with van der Waals surface area (Å²) in [5.74, 6) is -3.49. The van der Waals surface area contributed by atoms with Crippen LogP contribution in [-0.2, 0) is 26.1 Å². The average Bonchev–Trinajstić information content (AvgIpc) is 1.64. The lowest BCUT2D eigenvalue weighted by Crippen LogP contribution is -2.24. The minimum atomic E-state index is -4.62. The number of alkyl halides is 3. The molecule has 14 N–H and O–H groups in total. The Morgan fingerprint density at radius 2 is 1.01 bits per heavy atom. The molecule has 27 heteroatoms.